The molecular formula is C14H13NO3S. The normalized spacial score (nSPS) is 10.0. The molecular weight excluding hydrogens is 262 g/mol. The molecule has 2 aliphatic carbocycles. The lowest BCUT2D eigenvalue weighted by Crippen LogP contribution is -2.09. The first-order valence-corrected chi connectivity index (χ1v) is 6.53. The van der Waals surface area contributed by atoms with Crippen LogP contribution in [-0.2, 0) is 9.53 Å². The van der Waals surface area contributed by atoms with Crippen molar-refractivity contribution in [3.8, 4) is 11.1 Å². The van der Waals surface area contributed by atoms with Crippen LogP contribution in [0.15, 0.2) is 35.7 Å². The molecule has 1 aromatic heterocycles. The molecule has 0 aliphatic heterocycles. The average molecular weight is 275 g/mol. The van der Waals surface area contributed by atoms with Gasteiger partial charge in [-0.3, -0.25) is 4.79 Å². The average Bonchev–Trinajstić information content (AvgIpc) is 2.80. The highest BCUT2D eigenvalue weighted by molar-refractivity contribution is 7.14. The zero-order valence-electron chi connectivity index (χ0n) is 10.6. The second-order valence-corrected chi connectivity index (χ2v) is 4.83. The monoisotopic (exact) mass is 275 g/mol. The summed E-state index contributed by atoms with van der Waals surface area (Å²) < 4.78 is 4.53. The fraction of sp³-hybridized carbons (Fsp3) is 0.143. The summed E-state index contributed by atoms with van der Waals surface area (Å²) in [5.41, 5.74) is 3.24. The third kappa shape index (κ3) is 3.00. The number of ether oxygens (including phenoxy) is 1. The molecule has 0 unspecified atom stereocenters. The van der Waals surface area contributed by atoms with Crippen LogP contribution in [0.4, 0.5) is 5.00 Å². The predicted octanol–water partition coefficient (Wildman–Crippen LogP) is 3.16. The number of carbonyl (C=O) groups is 2. The van der Waals surface area contributed by atoms with E-state index in [9.17, 15) is 9.59 Å². The number of hydrogen-bond donors (Lipinski definition) is 1. The van der Waals surface area contributed by atoms with Crippen molar-refractivity contribution < 1.29 is 14.3 Å². The van der Waals surface area contributed by atoms with E-state index in [0.717, 1.165) is 0 Å². The molecule has 0 atom stereocenters. The van der Waals surface area contributed by atoms with Crippen molar-refractivity contribution in [1.82, 2.24) is 0 Å². The molecule has 19 heavy (non-hydrogen) atoms. The lowest BCUT2D eigenvalue weighted by atomic mass is 9.95. The van der Waals surface area contributed by atoms with E-state index in [4.69, 9.17) is 0 Å². The van der Waals surface area contributed by atoms with Crippen molar-refractivity contribution in [1.29, 1.82) is 0 Å². The SMILES string of the molecule is COC(=O)c1ccsc1NC(C)=O.c1cc2ccc1-2. The van der Waals surface area contributed by atoms with Crippen molar-refractivity contribution in [3.63, 3.8) is 0 Å². The lowest BCUT2D eigenvalue weighted by Gasteiger charge is -2.10. The predicted molar refractivity (Wildman–Crippen MR) is 75.4 cm³/mol. The molecule has 1 aromatic rings. The van der Waals surface area contributed by atoms with Crippen LogP contribution in [0.1, 0.15) is 17.3 Å². The van der Waals surface area contributed by atoms with E-state index in [0.29, 0.717) is 10.6 Å². The van der Waals surface area contributed by atoms with Gasteiger partial charge in [-0.1, -0.05) is 24.3 Å². The Kier molecular flexibility index (Phi) is 3.97. The molecule has 1 heterocycles. The third-order valence-corrected chi connectivity index (χ3v) is 3.41. The summed E-state index contributed by atoms with van der Waals surface area (Å²) in [5.74, 6) is -0.641. The molecule has 0 aromatic carbocycles. The van der Waals surface area contributed by atoms with Crippen LogP contribution in [0, 0.1) is 0 Å². The number of methoxy groups -OCH3 is 1. The highest BCUT2D eigenvalue weighted by Crippen LogP contribution is 2.29. The van der Waals surface area contributed by atoms with Gasteiger partial charge >= 0.3 is 5.97 Å². The van der Waals surface area contributed by atoms with Gasteiger partial charge in [-0.05, 0) is 22.6 Å². The Balaban J connectivity index is 0.000000180. The standard InChI is InChI=1S/C8H9NO3S.C6H4/c1-5(10)9-7-6(3-4-13-7)8(11)12-2;1-2-6-4-3-5(1)6/h3-4H,1-2H3,(H,9,10);1-4H. The molecule has 1 N–H and O–H groups in total. The van der Waals surface area contributed by atoms with Crippen LogP contribution in [0.5, 0.6) is 0 Å². The molecule has 98 valence electrons. The van der Waals surface area contributed by atoms with Gasteiger partial charge in [0.2, 0.25) is 5.91 Å². The van der Waals surface area contributed by atoms with Crippen LogP contribution in [0.2, 0.25) is 0 Å². The number of fused-ring (bicyclic) bond motifs is 1. The van der Waals surface area contributed by atoms with Gasteiger partial charge in [0, 0.05) is 6.92 Å². The smallest absolute Gasteiger partial charge is 0.340 e. The van der Waals surface area contributed by atoms with E-state index in [1.54, 1.807) is 11.4 Å². The molecule has 0 fully saturated rings. The van der Waals surface area contributed by atoms with E-state index >= 15 is 0 Å². The minimum atomic E-state index is -0.440. The summed E-state index contributed by atoms with van der Waals surface area (Å²) in [6.07, 6.45) is 0. The summed E-state index contributed by atoms with van der Waals surface area (Å²) in [4.78, 5) is 21.8. The zero-order chi connectivity index (χ0) is 13.8. The second kappa shape index (κ2) is 5.67. The zero-order valence-corrected chi connectivity index (χ0v) is 11.4. The first kappa shape index (κ1) is 13.3. The number of anilines is 1. The lowest BCUT2D eigenvalue weighted by molar-refractivity contribution is -0.114. The van der Waals surface area contributed by atoms with Gasteiger partial charge in [-0.25, -0.2) is 4.79 Å². The van der Waals surface area contributed by atoms with Crippen molar-refractivity contribution in [3.05, 3.63) is 41.3 Å². The minimum Gasteiger partial charge on any atom is -0.465 e. The Hall–Kier alpha value is -2.14. The number of nitrogens with one attached hydrogen (secondary N) is 1. The summed E-state index contributed by atoms with van der Waals surface area (Å²) in [7, 11) is 1.30. The molecule has 0 saturated heterocycles. The Morgan fingerprint density at radius 1 is 1.11 bits per heavy atom. The van der Waals surface area contributed by atoms with E-state index < -0.39 is 5.97 Å². The van der Waals surface area contributed by atoms with Gasteiger partial charge < -0.3 is 10.1 Å². The molecule has 0 spiro atoms. The second-order valence-electron chi connectivity index (χ2n) is 3.91. The van der Waals surface area contributed by atoms with Crippen molar-refractivity contribution in [2.24, 2.45) is 0 Å². The number of rotatable bonds is 2. The van der Waals surface area contributed by atoms with Crippen molar-refractivity contribution in [2.45, 2.75) is 6.92 Å². The van der Waals surface area contributed by atoms with Crippen molar-refractivity contribution in [2.75, 3.05) is 12.4 Å². The molecule has 0 saturated carbocycles. The molecule has 1 amide bonds. The number of carbonyl (C=O) groups excluding carboxylic acids is 2. The van der Waals surface area contributed by atoms with Crippen LogP contribution >= 0.6 is 11.3 Å². The molecule has 5 heteroatoms. The first-order valence-electron chi connectivity index (χ1n) is 5.65. The van der Waals surface area contributed by atoms with Gasteiger partial charge in [0.05, 0.1) is 12.7 Å². The topological polar surface area (TPSA) is 55.4 Å². The number of thiophene rings is 1. The van der Waals surface area contributed by atoms with Gasteiger partial charge in [0.25, 0.3) is 0 Å². The van der Waals surface area contributed by atoms with Crippen LogP contribution < -0.4 is 5.32 Å². The fourth-order valence-electron chi connectivity index (χ4n) is 1.50. The number of benzene rings is 1. The summed E-state index contributed by atoms with van der Waals surface area (Å²) >= 11 is 1.29. The Morgan fingerprint density at radius 3 is 2.05 bits per heavy atom. The maximum absolute atomic E-state index is 11.1. The Morgan fingerprint density at radius 2 is 1.68 bits per heavy atom. The molecule has 0 bridgehead atoms. The summed E-state index contributed by atoms with van der Waals surface area (Å²) in [6.45, 7) is 1.39. The highest BCUT2D eigenvalue weighted by Gasteiger charge is 2.13. The Labute approximate surface area is 115 Å². The number of hydrogen-bond acceptors (Lipinski definition) is 4. The largest absolute Gasteiger partial charge is 0.465 e. The highest BCUT2D eigenvalue weighted by atomic mass is 32.1. The Bertz CT molecular complexity index is 580. The summed E-state index contributed by atoms with van der Waals surface area (Å²) in [5, 5.41) is 4.79. The number of esters is 1. The molecule has 2 aliphatic rings. The van der Waals surface area contributed by atoms with E-state index in [-0.39, 0.29) is 5.91 Å². The molecule has 0 radical (unpaired) electrons. The van der Waals surface area contributed by atoms with E-state index in [1.807, 2.05) is 0 Å². The molecule has 3 rings (SSSR count). The fourth-order valence-corrected chi connectivity index (χ4v) is 2.32. The number of amides is 1. The van der Waals surface area contributed by atoms with Gasteiger partial charge in [0.15, 0.2) is 0 Å². The first-order chi connectivity index (χ1) is 9.11. The van der Waals surface area contributed by atoms with E-state index in [1.165, 1.54) is 36.5 Å². The van der Waals surface area contributed by atoms with Crippen LogP contribution in [0.3, 0.4) is 0 Å². The van der Waals surface area contributed by atoms with Crippen molar-refractivity contribution >= 4 is 28.2 Å². The summed E-state index contributed by atoms with van der Waals surface area (Å²) in [6, 6.07) is 10.1. The van der Waals surface area contributed by atoms with Crippen LogP contribution in [0.25, 0.3) is 11.1 Å². The maximum Gasteiger partial charge on any atom is 0.340 e. The maximum atomic E-state index is 11.1. The third-order valence-electron chi connectivity index (χ3n) is 2.58. The van der Waals surface area contributed by atoms with Crippen LogP contribution in [-0.4, -0.2) is 19.0 Å². The van der Waals surface area contributed by atoms with Gasteiger partial charge in [-0.15, -0.1) is 11.3 Å². The van der Waals surface area contributed by atoms with Gasteiger partial charge in [-0.2, -0.15) is 0 Å². The van der Waals surface area contributed by atoms with Gasteiger partial charge in [0.1, 0.15) is 5.00 Å². The molecule has 4 nitrogen and oxygen atoms in total. The van der Waals surface area contributed by atoms with E-state index in [2.05, 4.69) is 34.3 Å². The minimum absolute atomic E-state index is 0.201. The quantitative estimate of drug-likeness (QED) is 0.731.